The van der Waals surface area contributed by atoms with Crippen molar-refractivity contribution >= 4 is 34.7 Å². The zero-order chi connectivity index (χ0) is 14.5. The van der Waals surface area contributed by atoms with Crippen LogP contribution in [0.4, 0.5) is 4.79 Å². The second-order valence-corrected chi connectivity index (χ2v) is 7.28. The van der Waals surface area contributed by atoms with E-state index in [-0.39, 0.29) is 34.7 Å². The molecule has 5 nitrogen and oxygen atoms in total. The van der Waals surface area contributed by atoms with Crippen molar-refractivity contribution in [2.45, 2.75) is 61.5 Å². The molecule has 0 unspecified atom stereocenters. The zero-order valence-electron chi connectivity index (χ0n) is 11.8. The number of rotatable bonds is 5. The molecular formula is C14H22INO4. The lowest BCUT2D eigenvalue weighted by molar-refractivity contribution is -0.141. The summed E-state index contributed by atoms with van der Waals surface area (Å²) in [6.07, 6.45) is 6.81. The van der Waals surface area contributed by atoms with Crippen molar-refractivity contribution in [1.29, 1.82) is 0 Å². The highest BCUT2D eigenvalue weighted by Crippen LogP contribution is 2.31. The molecule has 1 aliphatic heterocycles. The normalized spacial score (nSPS) is 28.6. The summed E-state index contributed by atoms with van der Waals surface area (Å²) >= 11 is 2.20. The van der Waals surface area contributed by atoms with E-state index in [2.05, 4.69) is 27.9 Å². The van der Waals surface area contributed by atoms with Gasteiger partial charge in [-0.1, -0.05) is 54.7 Å². The van der Waals surface area contributed by atoms with Crippen LogP contribution in [-0.4, -0.2) is 34.7 Å². The Bertz CT molecular complexity index is 357. The van der Waals surface area contributed by atoms with Crippen molar-refractivity contribution < 1.29 is 19.1 Å². The maximum absolute atomic E-state index is 11.5. The van der Waals surface area contributed by atoms with Gasteiger partial charge >= 0.3 is 12.1 Å². The number of halogens is 1. The minimum absolute atomic E-state index is 0.0101. The molecule has 1 aliphatic carbocycles. The van der Waals surface area contributed by atoms with Crippen LogP contribution in [-0.2, 0) is 14.3 Å². The van der Waals surface area contributed by atoms with E-state index in [4.69, 9.17) is 9.47 Å². The van der Waals surface area contributed by atoms with Crippen molar-refractivity contribution in [3.05, 3.63) is 0 Å². The first kappa shape index (κ1) is 15.9. The number of hydrogen-bond acceptors (Lipinski definition) is 4. The summed E-state index contributed by atoms with van der Waals surface area (Å²) < 4.78 is 10.4. The topological polar surface area (TPSA) is 64.6 Å². The molecular weight excluding hydrogens is 373 g/mol. The van der Waals surface area contributed by atoms with Crippen LogP contribution in [0, 0.1) is 5.92 Å². The highest BCUT2D eigenvalue weighted by molar-refractivity contribution is 14.1. The van der Waals surface area contributed by atoms with Crippen molar-refractivity contribution in [2.75, 3.05) is 6.61 Å². The standard InChI is InChI=1S/C14H22INO4/c1-9(17)19-8-11(15)13-12(16-14(18)20-13)7-10-5-3-2-4-6-10/h10-13H,2-8H2,1H3,(H,16,18)/t11-,12+,13+/m1/s1. The van der Waals surface area contributed by atoms with Crippen LogP contribution in [0.5, 0.6) is 0 Å². The van der Waals surface area contributed by atoms with Crippen LogP contribution in [0.15, 0.2) is 0 Å². The molecule has 0 aromatic heterocycles. The maximum atomic E-state index is 11.5. The number of alkyl halides is 1. The maximum Gasteiger partial charge on any atom is 0.407 e. The monoisotopic (exact) mass is 395 g/mol. The predicted molar refractivity (Wildman–Crippen MR) is 82.8 cm³/mol. The van der Waals surface area contributed by atoms with Gasteiger partial charge in [-0.3, -0.25) is 4.79 Å². The molecule has 0 aromatic carbocycles. The fourth-order valence-electron chi connectivity index (χ4n) is 3.07. The van der Waals surface area contributed by atoms with Crippen molar-refractivity contribution in [3.8, 4) is 0 Å². The lowest BCUT2D eigenvalue weighted by atomic mass is 9.83. The number of alkyl carbamates (subject to hydrolysis) is 1. The predicted octanol–water partition coefficient (Wildman–Crippen LogP) is 2.80. The summed E-state index contributed by atoms with van der Waals surface area (Å²) in [5, 5.41) is 2.91. The summed E-state index contributed by atoms with van der Waals surface area (Å²) in [6.45, 7) is 1.68. The third-order valence-corrected chi connectivity index (χ3v) is 5.13. The average molecular weight is 395 g/mol. The number of amides is 1. The zero-order valence-corrected chi connectivity index (χ0v) is 13.9. The van der Waals surface area contributed by atoms with Crippen molar-refractivity contribution in [1.82, 2.24) is 5.32 Å². The third-order valence-electron chi connectivity index (χ3n) is 4.06. The fraction of sp³-hybridized carbons (Fsp3) is 0.857. The number of carbonyl (C=O) groups is 2. The molecule has 1 N–H and O–H groups in total. The fourth-order valence-corrected chi connectivity index (χ4v) is 3.89. The summed E-state index contributed by atoms with van der Waals surface area (Å²) in [7, 11) is 0. The van der Waals surface area contributed by atoms with Crippen LogP contribution < -0.4 is 5.32 Å². The van der Waals surface area contributed by atoms with Gasteiger partial charge in [0.2, 0.25) is 0 Å². The van der Waals surface area contributed by atoms with Crippen molar-refractivity contribution in [2.24, 2.45) is 5.92 Å². The Kier molecular flexibility index (Phi) is 5.92. The van der Waals surface area contributed by atoms with Crippen LogP contribution in [0.1, 0.15) is 45.4 Å². The van der Waals surface area contributed by atoms with Crippen LogP contribution >= 0.6 is 22.6 Å². The number of nitrogens with one attached hydrogen (secondary N) is 1. The van der Waals surface area contributed by atoms with E-state index in [1.807, 2.05) is 0 Å². The molecule has 1 saturated heterocycles. The smallest absolute Gasteiger partial charge is 0.407 e. The number of hydrogen-bond donors (Lipinski definition) is 1. The van der Waals surface area contributed by atoms with E-state index in [1.54, 1.807) is 0 Å². The first-order valence-electron chi connectivity index (χ1n) is 7.31. The van der Waals surface area contributed by atoms with Crippen molar-refractivity contribution in [3.63, 3.8) is 0 Å². The Labute approximate surface area is 133 Å². The van der Waals surface area contributed by atoms with Gasteiger partial charge in [-0.2, -0.15) is 0 Å². The Balaban J connectivity index is 1.88. The minimum atomic E-state index is -0.347. The Morgan fingerprint density at radius 2 is 2.15 bits per heavy atom. The van der Waals surface area contributed by atoms with E-state index in [9.17, 15) is 9.59 Å². The van der Waals surface area contributed by atoms with E-state index >= 15 is 0 Å². The first-order valence-corrected chi connectivity index (χ1v) is 8.55. The van der Waals surface area contributed by atoms with Gasteiger partial charge in [0.25, 0.3) is 0 Å². The molecule has 3 atom stereocenters. The number of ether oxygens (including phenoxy) is 2. The lowest BCUT2D eigenvalue weighted by Gasteiger charge is -2.27. The lowest BCUT2D eigenvalue weighted by Crippen LogP contribution is -2.40. The summed E-state index contributed by atoms with van der Waals surface area (Å²) in [5.41, 5.74) is 0. The summed E-state index contributed by atoms with van der Waals surface area (Å²) in [4.78, 5) is 22.4. The molecule has 2 aliphatic rings. The van der Waals surface area contributed by atoms with Gasteiger partial charge in [-0.15, -0.1) is 0 Å². The average Bonchev–Trinajstić information content (AvgIpc) is 2.78. The molecule has 0 spiro atoms. The molecule has 2 fully saturated rings. The van der Waals surface area contributed by atoms with Gasteiger partial charge < -0.3 is 14.8 Å². The largest absolute Gasteiger partial charge is 0.465 e. The second-order valence-electron chi connectivity index (χ2n) is 5.68. The van der Waals surface area contributed by atoms with Gasteiger partial charge in [0, 0.05) is 6.92 Å². The van der Waals surface area contributed by atoms with E-state index in [1.165, 1.54) is 39.0 Å². The van der Waals surface area contributed by atoms with Gasteiger partial charge in [-0.05, 0) is 12.3 Å². The van der Waals surface area contributed by atoms with Gasteiger partial charge in [0.1, 0.15) is 12.7 Å². The molecule has 0 bridgehead atoms. The first-order chi connectivity index (χ1) is 9.56. The highest BCUT2D eigenvalue weighted by Gasteiger charge is 2.40. The number of esters is 1. The number of carbonyl (C=O) groups excluding carboxylic acids is 2. The Morgan fingerprint density at radius 1 is 1.45 bits per heavy atom. The molecule has 1 amide bonds. The molecule has 1 heterocycles. The van der Waals surface area contributed by atoms with Gasteiger partial charge in [0.15, 0.2) is 0 Å². The summed E-state index contributed by atoms with van der Waals surface area (Å²) in [6, 6.07) is 0.0445. The number of cyclic esters (lactones) is 1. The third kappa shape index (κ3) is 4.49. The quantitative estimate of drug-likeness (QED) is 0.442. The molecule has 1 saturated carbocycles. The van der Waals surface area contributed by atoms with Crippen LogP contribution in [0.2, 0.25) is 0 Å². The van der Waals surface area contributed by atoms with E-state index < -0.39 is 0 Å². The summed E-state index contributed by atoms with van der Waals surface area (Å²) in [5.74, 6) is 0.378. The Morgan fingerprint density at radius 3 is 2.80 bits per heavy atom. The van der Waals surface area contributed by atoms with Gasteiger partial charge in [-0.25, -0.2) is 4.79 Å². The minimum Gasteiger partial charge on any atom is -0.465 e. The van der Waals surface area contributed by atoms with E-state index in [0.717, 1.165) is 6.42 Å². The molecule has 20 heavy (non-hydrogen) atoms. The SMILES string of the molecule is CC(=O)OC[C@@H](I)[C@@H]1OC(=O)N[C@H]1CC1CCCCC1. The van der Waals surface area contributed by atoms with Gasteiger partial charge in [0.05, 0.1) is 9.97 Å². The molecule has 2 rings (SSSR count). The highest BCUT2D eigenvalue weighted by atomic mass is 127. The molecule has 6 heteroatoms. The van der Waals surface area contributed by atoms with E-state index in [0.29, 0.717) is 5.92 Å². The van der Waals surface area contributed by atoms with Crippen LogP contribution in [0.3, 0.4) is 0 Å². The molecule has 0 aromatic rings. The Hall–Kier alpha value is -0.530. The molecule has 114 valence electrons. The molecule has 0 radical (unpaired) electrons. The van der Waals surface area contributed by atoms with Crippen LogP contribution in [0.25, 0.3) is 0 Å². The second kappa shape index (κ2) is 7.47.